The van der Waals surface area contributed by atoms with Crippen LogP contribution in [0.15, 0.2) is 91.3 Å². The number of amides is 1. The van der Waals surface area contributed by atoms with Crippen molar-refractivity contribution in [1.29, 1.82) is 0 Å². The lowest BCUT2D eigenvalue weighted by Crippen LogP contribution is -2.11. The zero-order valence-corrected chi connectivity index (χ0v) is 16.3. The Hall–Kier alpha value is -4.32. The molecule has 0 aliphatic rings. The number of benzene rings is 3. The number of hydrogen-bond donors (Lipinski definition) is 2. The Bertz CT molecular complexity index is 1400. The first-order chi connectivity index (χ1) is 15.2. The first kappa shape index (κ1) is 18.7. The van der Waals surface area contributed by atoms with Crippen LogP contribution in [0, 0.1) is 5.82 Å². The number of nitrogens with one attached hydrogen (secondary N) is 2. The highest BCUT2D eigenvalue weighted by molar-refractivity contribution is 6.04. The molecule has 0 atom stereocenters. The van der Waals surface area contributed by atoms with Crippen molar-refractivity contribution < 1.29 is 9.18 Å². The molecule has 3 aromatic carbocycles. The topological polar surface area (TPSA) is 70.7 Å². The smallest absolute Gasteiger partial charge is 0.255 e. The molecular formula is C25H17FN4O. The highest BCUT2D eigenvalue weighted by Gasteiger charge is 2.09. The molecule has 5 aromatic rings. The van der Waals surface area contributed by atoms with Gasteiger partial charge in [-0.1, -0.05) is 30.3 Å². The fourth-order valence-corrected chi connectivity index (χ4v) is 3.45. The highest BCUT2D eigenvalue weighted by Crippen LogP contribution is 2.28. The van der Waals surface area contributed by atoms with Gasteiger partial charge < -0.3 is 10.3 Å². The summed E-state index contributed by atoms with van der Waals surface area (Å²) in [6.07, 6.45) is 3.17. The molecule has 5 nitrogen and oxygen atoms in total. The highest BCUT2D eigenvalue weighted by atomic mass is 19.1. The van der Waals surface area contributed by atoms with Crippen molar-refractivity contribution in [2.75, 3.05) is 5.32 Å². The summed E-state index contributed by atoms with van der Waals surface area (Å²) in [5.74, 6) is 0.175. The average molecular weight is 408 g/mol. The van der Waals surface area contributed by atoms with Gasteiger partial charge in [0.1, 0.15) is 11.6 Å². The Kier molecular flexibility index (Phi) is 4.72. The monoisotopic (exact) mass is 408 g/mol. The number of carbonyl (C=O) groups excluding carboxylic acids is 1. The minimum Gasteiger partial charge on any atom is -0.338 e. The van der Waals surface area contributed by atoms with Crippen LogP contribution in [-0.2, 0) is 0 Å². The Balaban J connectivity index is 1.44. The van der Waals surface area contributed by atoms with Gasteiger partial charge in [0.05, 0.1) is 11.0 Å². The molecule has 0 aliphatic carbocycles. The number of halogens is 1. The van der Waals surface area contributed by atoms with E-state index >= 15 is 0 Å². The van der Waals surface area contributed by atoms with Gasteiger partial charge in [0.2, 0.25) is 0 Å². The van der Waals surface area contributed by atoms with Crippen LogP contribution in [0.5, 0.6) is 0 Å². The van der Waals surface area contributed by atoms with Crippen molar-refractivity contribution in [3.05, 3.63) is 103 Å². The number of imidazole rings is 1. The third-order valence-electron chi connectivity index (χ3n) is 4.98. The Morgan fingerprint density at radius 3 is 2.42 bits per heavy atom. The lowest BCUT2D eigenvalue weighted by Gasteiger charge is -2.09. The number of fused-ring (bicyclic) bond motifs is 1. The molecule has 0 bridgehead atoms. The van der Waals surface area contributed by atoms with E-state index in [1.165, 1.54) is 12.1 Å². The Labute approximate surface area is 177 Å². The maximum Gasteiger partial charge on any atom is 0.255 e. The van der Waals surface area contributed by atoms with Gasteiger partial charge in [-0.05, 0) is 59.7 Å². The maximum absolute atomic E-state index is 13.5. The van der Waals surface area contributed by atoms with E-state index in [0.29, 0.717) is 28.1 Å². The third kappa shape index (κ3) is 3.91. The van der Waals surface area contributed by atoms with E-state index in [1.807, 2.05) is 48.5 Å². The van der Waals surface area contributed by atoms with Crippen LogP contribution in [0.3, 0.4) is 0 Å². The summed E-state index contributed by atoms with van der Waals surface area (Å²) < 4.78 is 13.5. The molecule has 0 saturated carbocycles. The van der Waals surface area contributed by atoms with Crippen LogP contribution in [0.25, 0.3) is 33.5 Å². The van der Waals surface area contributed by atoms with Gasteiger partial charge >= 0.3 is 0 Å². The molecule has 0 aliphatic heterocycles. The summed E-state index contributed by atoms with van der Waals surface area (Å²) in [4.78, 5) is 24.1. The Morgan fingerprint density at radius 1 is 0.839 bits per heavy atom. The molecule has 2 N–H and O–H groups in total. The molecule has 0 radical (unpaired) electrons. The quantitative estimate of drug-likeness (QED) is 0.402. The van der Waals surface area contributed by atoms with Crippen LogP contribution < -0.4 is 5.32 Å². The molecule has 0 unspecified atom stereocenters. The summed E-state index contributed by atoms with van der Waals surface area (Å²) in [7, 11) is 0. The fourth-order valence-electron chi connectivity index (χ4n) is 3.45. The minimum atomic E-state index is -0.304. The second kappa shape index (κ2) is 7.84. The number of aromatic amines is 1. The van der Waals surface area contributed by atoms with Gasteiger partial charge in [0.25, 0.3) is 5.91 Å². The van der Waals surface area contributed by atoms with Gasteiger partial charge in [0, 0.05) is 29.2 Å². The van der Waals surface area contributed by atoms with E-state index in [9.17, 15) is 9.18 Å². The van der Waals surface area contributed by atoms with Gasteiger partial charge in [-0.2, -0.15) is 0 Å². The van der Waals surface area contributed by atoms with E-state index in [2.05, 4.69) is 20.3 Å². The molecule has 150 valence electrons. The van der Waals surface area contributed by atoms with Crippen molar-refractivity contribution in [1.82, 2.24) is 15.0 Å². The number of rotatable bonds is 4. The van der Waals surface area contributed by atoms with Crippen molar-refractivity contribution in [3.8, 4) is 22.5 Å². The van der Waals surface area contributed by atoms with Gasteiger partial charge in [0.15, 0.2) is 0 Å². The first-order valence-electron chi connectivity index (χ1n) is 9.73. The second-order valence-corrected chi connectivity index (χ2v) is 7.10. The largest absolute Gasteiger partial charge is 0.338 e. The second-order valence-electron chi connectivity index (χ2n) is 7.10. The predicted octanol–water partition coefficient (Wildman–Crippen LogP) is 5.68. The molecule has 2 aromatic heterocycles. The lowest BCUT2D eigenvalue weighted by molar-refractivity contribution is 0.102. The number of carbonyl (C=O) groups is 1. The third-order valence-corrected chi connectivity index (χ3v) is 4.98. The van der Waals surface area contributed by atoms with Gasteiger partial charge in [-0.25, -0.2) is 9.37 Å². The number of aromatic nitrogens is 3. The SMILES string of the molecule is O=C(Nc1cccc(-c2cccc(-c3nc4ccc(F)cc4[nH]3)c2)c1)c1ccncc1. The lowest BCUT2D eigenvalue weighted by atomic mass is 10.0. The summed E-state index contributed by atoms with van der Waals surface area (Å²) in [6.45, 7) is 0. The molecule has 6 heteroatoms. The van der Waals surface area contributed by atoms with Crippen LogP contribution in [0.2, 0.25) is 0 Å². The first-order valence-corrected chi connectivity index (χ1v) is 9.73. The number of anilines is 1. The van der Waals surface area contributed by atoms with Crippen LogP contribution in [0.4, 0.5) is 10.1 Å². The molecule has 2 heterocycles. The Morgan fingerprint density at radius 2 is 1.58 bits per heavy atom. The number of hydrogen-bond acceptors (Lipinski definition) is 3. The molecule has 0 saturated heterocycles. The van der Waals surface area contributed by atoms with Crippen molar-refractivity contribution in [2.24, 2.45) is 0 Å². The molecule has 0 fully saturated rings. The normalized spacial score (nSPS) is 10.9. The molecular weight excluding hydrogens is 391 g/mol. The maximum atomic E-state index is 13.5. The van der Waals surface area contributed by atoms with Crippen LogP contribution >= 0.6 is 0 Å². The molecule has 5 rings (SSSR count). The van der Waals surface area contributed by atoms with Crippen molar-refractivity contribution in [3.63, 3.8) is 0 Å². The summed E-state index contributed by atoms with van der Waals surface area (Å²) in [5, 5.41) is 2.92. The van der Waals surface area contributed by atoms with E-state index < -0.39 is 0 Å². The zero-order chi connectivity index (χ0) is 21.2. The van der Waals surface area contributed by atoms with Crippen molar-refractivity contribution >= 4 is 22.6 Å². The zero-order valence-electron chi connectivity index (χ0n) is 16.3. The van der Waals surface area contributed by atoms with E-state index in [1.54, 1.807) is 30.6 Å². The molecule has 31 heavy (non-hydrogen) atoms. The van der Waals surface area contributed by atoms with E-state index in [-0.39, 0.29) is 11.7 Å². The predicted molar refractivity (Wildman–Crippen MR) is 119 cm³/mol. The number of H-pyrrole nitrogens is 1. The van der Waals surface area contributed by atoms with E-state index in [4.69, 9.17) is 0 Å². The molecule has 1 amide bonds. The summed E-state index contributed by atoms with van der Waals surface area (Å²) in [6, 6.07) is 23.4. The fraction of sp³-hybridized carbons (Fsp3) is 0. The summed E-state index contributed by atoms with van der Waals surface area (Å²) in [5.41, 5.74) is 5.43. The summed E-state index contributed by atoms with van der Waals surface area (Å²) >= 11 is 0. The van der Waals surface area contributed by atoms with Gasteiger partial charge in [-0.15, -0.1) is 0 Å². The number of pyridine rings is 1. The van der Waals surface area contributed by atoms with Crippen LogP contribution in [-0.4, -0.2) is 20.9 Å². The average Bonchev–Trinajstić information content (AvgIpc) is 3.23. The van der Waals surface area contributed by atoms with Gasteiger partial charge in [-0.3, -0.25) is 9.78 Å². The van der Waals surface area contributed by atoms with E-state index in [0.717, 1.165) is 16.7 Å². The standard InChI is InChI=1S/C25H17FN4O/c26-20-7-8-22-23(15-20)30-24(29-22)19-5-1-3-17(13-19)18-4-2-6-21(14-18)28-25(31)16-9-11-27-12-10-16/h1-15H,(H,28,31)(H,29,30). The van der Waals surface area contributed by atoms with Crippen LogP contribution in [0.1, 0.15) is 10.4 Å². The molecule has 0 spiro atoms. The minimum absolute atomic E-state index is 0.192. The number of nitrogens with zero attached hydrogens (tertiary/aromatic N) is 2. The van der Waals surface area contributed by atoms with Crippen molar-refractivity contribution in [2.45, 2.75) is 0 Å².